The Bertz CT molecular complexity index is 816. The number of para-hydroxylation sites is 1. The minimum atomic E-state index is 0.255. The van der Waals surface area contributed by atoms with Gasteiger partial charge in [-0.15, -0.1) is 11.3 Å². The van der Waals surface area contributed by atoms with Crippen LogP contribution in [0.3, 0.4) is 0 Å². The van der Waals surface area contributed by atoms with Crippen LogP contribution in [0.15, 0.2) is 42.5 Å². The molecular formula is C20H23N3S. The molecule has 124 valence electrons. The Morgan fingerprint density at radius 2 is 1.88 bits per heavy atom. The lowest BCUT2D eigenvalue weighted by molar-refractivity contribution is 0.198. The van der Waals surface area contributed by atoms with Crippen LogP contribution < -0.4 is 5.32 Å². The lowest BCUT2D eigenvalue weighted by Crippen LogP contribution is -2.45. The van der Waals surface area contributed by atoms with Gasteiger partial charge in [-0.2, -0.15) is 0 Å². The summed E-state index contributed by atoms with van der Waals surface area (Å²) in [5, 5.41) is 4.68. The normalized spacial score (nSPS) is 17.2. The fourth-order valence-corrected chi connectivity index (χ4v) is 4.69. The Balaban J connectivity index is 1.82. The second-order valence-corrected chi connectivity index (χ2v) is 7.63. The van der Waals surface area contributed by atoms with Crippen molar-refractivity contribution in [2.24, 2.45) is 0 Å². The van der Waals surface area contributed by atoms with Gasteiger partial charge in [0, 0.05) is 26.2 Å². The molecule has 0 amide bonds. The molecular weight excluding hydrogens is 314 g/mol. The Labute approximate surface area is 147 Å². The predicted molar refractivity (Wildman–Crippen MR) is 102 cm³/mol. The van der Waals surface area contributed by atoms with Crippen LogP contribution in [0.25, 0.3) is 10.2 Å². The summed E-state index contributed by atoms with van der Waals surface area (Å²) in [6, 6.07) is 15.5. The van der Waals surface area contributed by atoms with E-state index in [1.165, 1.54) is 26.4 Å². The van der Waals surface area contributed by atoms with Gasteiger partial charge in [0.2, 0.25) is 0 Å². The lowest BCUT2D eigenvalue weighted by atomic mass is 9.98. The summed E-state index contributed by atoms with van der Waals surface area (Å²) < 4.78 is 1.28. The third-order valence-corrected chi connectivity index (χ3v) is 5.87. The van der Waals surface area contributed by atoms with E-state index in [-0.39, 0.29) is 6.04 Å². The largest absolute Gasteiger partial charge is 0.314 e. The average molecular weight is 337 g/mol. The first-order valence-electron chi connectivity index (χ1n) is 8.60. The molecule has 1 aliphatic rings. The fourth-order valence-electron chi connectivity index (χ4n) is 3.57. The highest BCUT2D eigenvalue weighted by Crippen LogP contribution is 2.36. The lowest BCUT2D eigenvalue weighted by Gasteiger charge is -2.34. The molecule has 1 fully saturated rings. The zero-order valence-corrected chi connectivity index (χ0v) is 15.1. The van der Waals surface area contributed by atoms with Gasteiger partial charge < -0.3 is 5.32 Å². The summed E-state index contributed by atoms with van der Waals surface area (Å²) in [6.45, 7) is 8.61. The Hall–Kier alpha value is -1.75. The maximum Gasteiger partial charge on any atom is 0.116 e. The average Bonchev–Trinajstić information content (AvgIpc) is 3.01. The van der Waals surface area contributed by atoms with Gasteiger partial charge in [-0.1, -0.05) is 35.9 Å². The molecule has 0 spiro atoms. The fraction of sp³-hybridized carbons (Fsp3) is 0.350. The van der Waals surface area contributed by atoms with Gasteiger partial charge in [-0.3, -0.25) is 4.90 Å². The first kappa shape index (κ1) is 15.8. The van der Waals surface area contributed by atoms with Gasteiger partial charge in [0.05, 0.1) is 16.3 Å². The molecule has 0 saturated carbocycles. The highest BCUT2D eigenvalue weighted by molar-refractivity contribution is 7.18. The van der Waals surface area contributed by atoms with Crippen LogP contribution in [-0.2, 0) is 0 Å². The van der Waals surface area contributed by atoms with Gasteiger partial charge in [-0.25, -0.2) is 4.98 Å². The number of benzene rings is 2. The maximum atomic E-state index is 4.98. The van der Waals surface area contributed by atoms with Crippen molar-refractivity contribution in [2.75, 3.05) is 26.2 Å². The number of aryl methyl sites for hydroxylation is 2. The standard InChI is InChI=1S/C20H23N3S/c1-14-7-8-16(15(2)13-14)19(23-11-9-21-10-12-23)20-22-17-5-3-4-6-18(17)24-20/h3-8,13,19,21H,9-12H2,1-2H3. The number of hydrogen-bond donors (Lipinski definition) is 1. The zero-order valence-electron chi connectivity index (χ0n) is 14.2. The van der Waals surface area contributed by atoms with Gasteiger partial charge in [-0.05, 0) is 37.1 Å². The quantitative estimate of drug-likeness (QED) is 0.785. The Morgan fingerprint density at radius 3 is 2.62 bits per heavy atom. The van der Waals surface area contributed by atoms with Gasteiger partial charge >= 0.3 is 0 Å². The molecule has 4 heteroatoms. The minimum absolute atomic E-state index is 0.255. The summed E-state index contributed by atoms with van der Waals surface area (Å²) in [6.07, 6.45) is 0. The van der Waals surface area contributed by atoms with Crippen molar-refractivity contribution in [1.29, 1.82) is 0 Å². The Kier molecular flexibility index (Phi) is 4.35. The molecule has 0 radical (unpaired) electrons. The molecule has 1 aromatic heterocycles. The predicted octanol–water partition coefficient (Wildman–Crippen LogP) is 3.91. The van der Waals surface area contributed by atoms with Crippen molar-refractivity contribution in [3.05, 3.63) is 64.2 Å². The molecule has 24 heavy (non-hydrogen) atoms. The van der Waals surface area contributed by atoms with E-state index in [0.29, 0.717) is 0 Å². The topological polar surface area (TPSA) is 28.2 Å². The van der Waals surface area contributed by atoms with Crippen LogP contribution in [0.2, 0.25) is 0 Å². The molecule has 3 aromatic rings. The third-order valence-electron chi connectivity index (χ3n) is 4.78. The van der Waals surface area contributed by atoms with E-state index in [4.69, 9.17) is 4.98 Å². The molecule has 2 heterocycles. The first-order valence-corrected chi connectivity index (χ1v) is 9.41. The van der Waals surface area contributed by atoms with Crippen LogP contribution in [0, 0.1) is 13.8 Å². The van der Waals surface area contributed by atoms with Gasteiger partial charge in [0.25, 0.3) is 0 Å². The van der Waals surface area contributed by atoms with Crippen LogP contribution in [0.4, 0.5) is 0 Å². The molecule has 1 aliphatic heterocycles. The van der Waals surface area contributed by atoms with E-state index >= 15 is 0 Å². The smallest absolute Gasteiger partial charge is 0.116 e. The van der Waals surface area contributed by atoms with Crippen molar-refractivity contribution in [3.8, 4) is 0 Å². The Morgan fingerprint density at radius 1 is 1.08 bits per heavy atom. The number of nitrogens with zero attached hydrogens (tertiary/aromatic N) is 2. The van der Waals surface area contributed by atoms with Crippen LogP contribution in [0.1, 0.15) is 27.7 Å². The molecule has 2 aromatic carbocycles. The molecule has 0 aliphatic carbocycles. The molecule has 1 atom stereocenters. The van der Waals surface area contributed by atoms with E-state index in [2.05, 4.69) is 66.5 Å². The third kappa shape index (κ3) is 2.97. The van der Waals surface area contributed by atoms with E-state index in [0.717, 1.165) is 31.7 Å². The highest BCUT2D eigenvalue weighted by atomic mass is 32.1. The number of fused-ring (bicyclic) bond motifs is 1. The number of rotatable bonds is 3. The van der Waals surface area contributed by atoms with E-state index in [9.17, 15) is 0 Å². The highest BCUT2D eigenvalue weighted by Gasteiger charge is 2.27. The van der Waals surface area contributed by atoms with Crippen LogP contribution in [0.5, 0.6) is 0 Å². The molecule has 0 bridgehead atoms. The molecule has 3 nitrogen and oxygen atoms in total. The second kappa shape index (κ2) is 6.63. The van der Waals surface area contributed by atoms with Crippen molar-refractivity contribution < 1.29 is 0 Å². The summed E-state index contributed by atoms with van der Waals surface area (Å²) in [5.41, 5.74) is 5.18. The van der Waals surface area contributed by atoms with E-state index in [1.807, 2.05) is 11.3 Å². The molecule has 1 saturated heterocycles. The van der Waals surface area contributed by atoms with Crippen molar-refractivity contribution in [3.63, 3.8) is 0 Å². The summed E-state index contributed by atoms with van der Waals surface area (Å²) >= 11 is 1.83. The maximum absolute atomic E-state index is 4.98. The van der Waals surface area contributed by atoms with Crippen molar-refractivity contribution >= 4 is 21.6 Å². The zero-order chi connectivity index (χ0) is 16.5. The number of aromatic nitrogens is 1. The number of hydrogen-bond acceptors (Lipinski definition) is 4. The number of thiazole rings is 1. The second-order valence-electron chi connectivity index (χ2n) is 6.57. The summed E-state index contributed by atoms with van der Waals surface area (Å²) in [4.78, 5) is 7.56. The van der Waals surface area contributed by atoms with Crippen molar-refractivity contribution in [2.45, 2.75) is 19.9 Å². The summed E-state index contributed by atoms with van der Waals surface area (Å²) in [7, 11) is 0. The van der Waals surface area contributed by atoms with E-state index < -0.39 is 0 Å². The van der Waals surface area contributed by atoms with Crippen LogP contribution >= 0.6 is 11.3 Å². The van der Waals surface area contributed by atoms with E-state index in [1.54, 1.807) is 0 Å². The van der Waals surface area contributed by atoms with Crippen LogP contribution in [-0.4, -0.2) is 36.1 Å². The summed E-state index contributed by atoms with van der Waals surface area (Å²) in [5.74, 6) is 0. The first-order chi connectivity index (χ1) is 11.7. The molecule has 4 rings (SSSR count). The number of nitrogens with one attached hydrogen (secondary N) is 1. The van der Waals surface area contributed by atoms with Gasteiger partial charge in [0.1, 0.15) is 5.01 Å². The molecule has 1 unspecified atom stereocenters. The SMILES string of the molecule is Cc1ccc(C(c2nc3ccccc3s2)N2CCNCC2)c(C)c1. The minimum Gasteiger partial charge on any atom is -0.314 e. The molecule has 1 N–H and O–H groups in total. The van der Waals surface area contributed by atoms with Gasteiger partial charge in [0.15, 0.2) is 0 Å². The van der Waals surface area contributed by atoms with Crippen molar-refractivity contribution in [1.82, 2.24) is 15.2 Å². The number of piperazine rings is 1. The monoisotopic (exact) mass is 337 g/mol.